The molecule has 0 aliphatic carbocycles. The predicted molar refractivity (Wildman–Crippen MR) is 106 cm³/mol. The third-order valence-corrected chi connectivity index (χ3v) is 4.16. The van der Waals surface area contributed by atoms with Crippen LogP contribution in [0.3, 0.4) is 0 Å². The number of nitrogens with zero attached hydrogens (tertiary/aromatic N) is 1. The SMILES string of the molecule is COc1cc(/C=C(\C#N)C(N)=O)ccc1OC(=O)COc1ccc(C)cc1Br. The summed E-state index contributed by atoms with van der Waals surface area (Å²) >= 11 is 3.37. The van der Waals surface area contributed by atoms with Crippen LogP contribution in [0.4, 0.5) is 0 Å². The van der Waals surface area contributed by atoms with E-state index in [1.165, 1.54) is 25.3 Å². The van der Waals surface area contributed by atoms with Gasteiger partial charge < -0.3 is 19.9 Å². The number of hydrogen-bond donors (Lipinski definition) is 1. The number of rotatable bonds is 7. The first kappa shape index (κ1) is 21.0. The highest BCUT2D eigenvalue weighted by Gasteiger charge is 2.13. The summed E-state index contributed by atoms with van der Waals surface area (Å²) in [5.74, 6) is -0.514. The Morgan fingerprint density at radius 2 is 1.89 bits per heavy atom. The molecular formula is C20H17BrN2O5. The van der Waals surface area contributed by atoms with Gasteiger partial charge in [-0.2, -0.15) is 5.26 Å². The Morgan fingerprint density at radius 3 is 2.50 bits per heavy atom. The fraction of sp³-hybridized carbons (Fsp3) is 0.150. The van der Waals surface area contributed by atoms with Gasteiger partial charge in [-0.1, -0.05) is 12.1 Å². The Morgan fingerprint density at radius 1 is 1.18 bits per heavy atom. The van der Waals surface area contributed by atoms with Crippen LogP contribution in [0.25, 0.3) is 6.08 Å². The molecule has 1 amide bonds. The summed E-state index contributed by atoms with van der Waals surface area (Å²) in [5.41, 5.74) is 6.45. The molecule has 8 heteroatoms. The molecule has 0 radical (unpaired) electrons. The number of nitrogens with two attached hydrogens (primary N) is 1. The van der Waals surface area contributed by atoms with E-state index in [4.69, 9.17) is 25.2 Å². The van der Waals surface area contributed by atoms with Crippen molar-refractivity contribution in [2.24, 2.45) is 5.73 Å². The van der Waals surface area contributed by atoms with Crippen LogP contribution in [0.5, 0.6) is 17.2 Å². The van der Waals surface area contributed by atoms with Crippen molar-refractivity contribution in [3.8, 4) is 23.3 Å². The third kappa shape index (κ3) is 5.59. The Balaban J connectivity index is 2.09. The van der Waals surface area contributed by atoms with Crippen molar-refractivity contribution in [3.05, 3.63) is 57.6 Å². The molecule has 0 bridgehead atoms. The van der Waals surface area contributed by atoms with Gasteiger partial charge in [0.1, 0.15) is 17.4 Å². The highest BCUT2D eigenvalue weighted by Crippen LogP contribution is 2.29. The molecule has 2 aromatic carbocycles. The zero-order valence-electron chi connectivity index (χ0n) is 15.2. The lowest BCUT2D eigenvalue weighted by molar-refractivity contribution is -0.136. The Bertz CT molecular complexity index is 979. The van der Waals surface area contributed by atoms with Crippen molar-refractivity contribution in [2.75, 3.05) is 13.7 Å². The molecule has 0 spiro atoms. The molecular weight excluding hydrogens is 428 g/mol. The quantitative estimate of drug-likeness (QED) is 0.303. The largest absolute Gasteiger partial charge is 0.493 e. The smallest absolute Gasteiger partial charge is 0.349 e. The summed E-state index contributed by atoms with van der Waals surface area (Å²) in [4.78, 5) is 23.2. The van der Waals surface area contributed by atoms with Crippen molar-refractivity contribution < 1.29 is 23.8 Å². The highest BCUT2D eigenvalue weighted by molar-refractivity contribution is 9.10. The van der Waals surface area contributed by atoms with Crippen LogP contribution >= 0.6 is 15.9 Å². The highest BCUT2D eigenvalue weighted by atomic mass is 79.9. The van der Waals surface area contributed by atoms with Crippen molar-refractivity contribution in [3.63, 3.8) is 0 Å². The lowest BCUT2D eigenvalue weighted by Crippen LogP contribution is -2.18. The van der Waals surface area contributed by atoms with Gasteiger partial charge >= 0.3 is 5.97 Å². The molecule has 0 aliphatic heterocycles. The molecule has 0 heterocycles. The molecule has 28 heavy (non-hydrogen) atoms. The number of carbonyl (C=O) groups excluding carboxylic acids is 2. The number of halogens is 1. The van der Waals surface area contributed by atoms with Crippen LogP contribution in [0, 0.1) is 18.3 Å². The predicted octanol–water partition coefficient (Wildman–Crippen LogP) is 3.14. The number of esters is 1. The maximum atomic E-state index is 12.1. The van der Waals surface area contributed by atoms with Crippen LogP contribution < -0.4 is 19.9 Å². The van der Waals surface area contributed by atoms with Gasteiger partial charge in [-0.15, -0.1) is 0 Å². The van der Waals surface area contributed by atoms with Gasteiger partial charge in [0, 0.05) is 0 Å². The number of carbonyl (C=O) groups is 2. The zero-order chi connectivity index (χ0) is 20.7. The van der Waals surface area contributed by atoms with E-state index in [2.05, 4.69) is 15.9 Å². The number of amides is 1. The Kier molecular flexibility index (Phi) is 7.18. The first-order chi connectivity index (χ1) is 13.3. The first-order valence-electron chi connectivity index (χ1n) is 8.03. The van der Waals surface area contributed by atoms with Crippen LogP contribution in [-0.2, 0) is 9.59 Å². The number of benzene rings is 2. The first-order valence-corrected chi connectivity index (χ1v) is 8.82. The maximum Gasteiger partial charge on any atom is 0.349 e. The normalized spacial score (nSPS) is 10.7. The van der Waals surface area contributed by atoms with Gasteiger partial charge in [0.2, 0.25) is 0 Å². The average Bonchev–Trinajstić information content (AvgIpc) is 2.66. The van der Waals surface area contributed by atoms with Gasteiger partial charge in [0.25, 0.3) is 5.91 Å². The molecule has 0 atom stereocenters. The van der Waals surface area contributed by atoms with Crippen LogP contribution in [0.1, 0.15) is 11.1 Å². The molecule has 2 aromatic rings. The second-order valence-corrected chi connectivity index (χ2v) is 6.50. The summed E-state index contributed by atoms with van der Waals surface area (Å²) in [6.45, 7) is 1.64. The number of ether oxygens (including phenoxy) is 3. The number of methoxy groups -OCH3 is 1. The van der Waals surface area contributed by atoms with Gasteiger partial charge in [0.05, 0.1) is 11.6 Å². The van der Waals surface area contributed by atoms with Crippen molar-refractivity contribution in [1.29, 1.82) is 5.26 Å². The number of aryl methyl sites for hydroxylation is 1. The molecule has 0 aromatic heterocycles. The summed E-state index contributed by atoms with van der Waals surface area (Å²) in [6.07, 6.45) is 1.31. The maximum absolute atomic E-state index is 12.1. The summed E-state index contributed by atoms with van der Waals surface area (Å²) < 4.78 is 16.7. The minimum atomic E-state index is -0.837. The number of nitriles is 1. The van der Waals surface area contributed by atoms with E-state index in [9.17, 15) is 9.59 Å². The molecule has 2 N–H and O–H groups in total. The van der Waals surface area contributed by atoms with Gasteiger partial charge in [0.15, 0.2) is 18.1 Å². The van der Waals surface area contributed by atoms with E-state index in [1.807, 2.05) is 19.1 Å². The molecule has 0 unspecified atom stereocenters. The second-order valence-electron chi connectivity index (χ2n) is 5.64. The summed E-state index contributed by atoms with van der Waals surface area (Å²) in [5, 5.41) is 8.91. The van der Waals surface area contributed by atoms with Gasteiger partial charge in [-0.05, 0) is 64.3 Å². The monoisotopic (exact) mass is 444 g/mol. The minimum absolute atomic E-state index is 0.175. The fourth-order valence-electron chi connectivity index (χ4n) is 2.20. The third-order valence-electron chi connectivity index (χ3n) is 3.54. The lowest BCUT2D eigenvalue weighted by atomic mass is 10.1. The van der Waals surface area contributed by atoms with Gasteiger partial charge in [-0.3, -0.25) is 4.79 Å². The van der Waals surface area contributed by atoms with E-state index >= 15 is 0 Å². The van der Waals surface area contributed by atoms with E-state index in [1.54, 1.807) is 18.2 Å². The van der Waals surface area contributed by atoms with Crippen LogP contribution in [-0.4, -0.2) is 25.6 Å². The number of hydrogen-bond acceptors (Lipinski definition) is 6. The second kappa shape index (κ2) is 9.58. The fourth-order valence-corrected chi connectivity index (χ4v) is 2.80. The summed E-state index contributed by atoms with van der Waals surface area (Å²) in [6, 6.07) is 11.8. The van der Waals surface area contributed by atoms with Crippen molar-refractivity contribution in [2.45, 2.75) is 6.92 Å². The molecule has 0 aliphatic rings. The number of primary amides is 1. The lowest BCUT2D eigenvalue weighted by Gasteiger charge is -2.11. The van der Waals surface area contributed by atoms with E-state index < -0.39 is 11.9 Å². The van der Waals surface area contributed by atoms with E-state index in [-0.39, 0.29) is 23.7 Å². The topological polar surface area (TPSA) is 112 Å². The van der Waals surface area contributed by atoms with Gasteiger partial charge in [-0.25, -0.2) is 4.79 Å². The molecule has 7 nitrogen and oxygen atoms in total. The average molecular weight is 445 g/mol. The molecule has 0 saturated carbocycles. The summed E-state index contributed by atoms with van der Waals surface area (Å²) in [7, 11) is 1.40. The van der Waals surface area contributed by atoms with Crippen molar-refractivity contribution in [1.82, 2.24) is 0 Å². The van der Waals surface area contributed by atoms with E-state index in [0.717, 1.165) is 10.0 Å². The molecule has 2 rings (SSSR count). The molecule has 0 saturated heterocycles. The van der Waals surface area contributed by atoms with E-state index in [0.29, 0.717) is 11.3 Å². The molecule has 0 fully saturated rings. The molecule has 144 valence electrons. The van der Waals surface area contributed by atoms with Crippen LogP contribution in [0.15, 0.2) is 46.4 Å². The zero-order valence-corrected chi connectivity index (χ0v) is 16.8. The minimum Gasteiger partial charge on any atom is -0.493 e. The van der Waals surface area contributed by atoms with Crippen molar-refractivity contribution >= 4 is 33.9 Å². The van der Waals surface area contributed by atoms with Crippen LogP contribution in [0.2, 0.25) is 0 Å². The Labute approximate surface area is 170 Å². The Hall–Kier alpha value is -3.31. The standard InChI is InChI=1S/C20H17BrN2O5/c1-12-3-5-16(15(21)7-12)27-11-19(24)28-17-6-4-13(9-18(17)26-2)8-14(10-22)20(23)25/h3-9H,11H2,1-2H3,(H2,23,25)/b14-8+.